The maximum Gasteiger partial charge on any atom is 0.104 e. The molecule has 0 amide bonds. The maximum absolute atomic E-state index is 6.29. The Balaban J connectivity index is 2.31. The van der Waals surface area contributed by atoms with Crippen LogP contribution < -0.4 is 0 Å². The minimum Gasteiger partial charge on any atom is -0.362 e. The van der Waals surface area contributed by atoms with Crippen molar-refractivity contribution in [1.82, 2.24) is 4.90 Å². The first kappa shape index (κ1) is 9.14. The molecule has 0 unspecified atom stereocenters. The lowest BCUT2D eigenvalue weighted by atomic mass is 9.93. The van der Waals surface area contributed by atoms with Crippen LogP contribution in [0.1, 0.15) is 26.2 Å². The molecule has 0 atom stereocenters. The number of rotatable bonds is 0. The standard InChI is InChI=1S/C11H16ClN/c1-9-10(12)13(2)8-4-3-5-11(9)6-7-11/h3-4H,5-8H2,1-2H3/b4-3-,10-9-. The van der Waals surface area contributed by atoms with Gasteiger partial charge in [0.25, 0.3) is 0 Å². The summed E-state index contributed by atoms with van der Waals surface area (Å²) in [6, 6.07) is 0. The fraction of sp³-hybridized carbons (Fsp3) is 0.636. The molecule has 0 aromatic heterocycles. The van der Waals surface area contributed by atoms with Gasteiger partial charge in [0.05, 0.1) is 0 Å². The third-order valence-corrected chi connectivity index (χ3v) is 3.92. The summed E-state index contributed by atoms with van der Waals surface area (Å²) in [7, 11) is 2.05. The molecule has 1 aliphatic heterocycles. The van der Waals surface area contributed by atoms with Gasteiger partial charge in [-0.3, -0.25) is 0 Å². The third kappa shape index (κ3) is 1.50. The van der Waals surface area contributed by atoms with Crippen LogP contribution in [0.3, 0.4) is 0 Å². The smallest absolute Gasteiger partial charge is 0.104 e. The first-order valence-corrected chi connectivity index (χ1v) is 5.26. The number of likely N-dealkylation sites (N-methyl/N-ethyl adjacent to an activating group) is 1. The Labute approximate surface area is 85.1 Å². The van der Waals surface area contributed by atoms with E-state index in [-0.39, 0.29) is 0 Å². The summed E-state index contributed by atoms with van der Waals surface area (Å²) >= 11 is 6.29. The molecule has 1 spiro atoms. The SMILES string of the molecule is C/C1=C(\Cl)N(C)C/C=C\CC12CC2. The highest BCUT2D eigenvalue weighted by molar-refractivity contribution is 6.29. The van der Waals surface area contributed by atoms with Crippen molar-refractivity contribution in [2.45, 2.75) is 26.2 Å². The van der Waals surface area contributed by atoms with Gasteiger partial charge >= 0.3 is 0 Å². The van der Waals surface area contributed by atoms with Crippen molar-refractivity contribution in [3.05, 3.63) is 22.9 Å². The van der Waals surface area contributed by atoms with Gasteiger partial charge < -0.3 is 4.90 Å². The summed E-state index contributed by atoms with van der Waals surface area (Å²) in [5.41, 5.74) is 1.82. The quantitative estimate of drug-likeness (QED) is 0.426. The van der Waals surface area contributed by atoms with Gasteiger partial charge in [0.1, 0.15) is 5.16 Å². The molecule has 0 radical (unpaired) electrons. The summed E-state index contributed by atoms with van der Waals surface area (Å²) in [6.45, 7) is 3.12. The van der Waals surface area contributed by atoms with E-state index in [4.69, 9.17) is 11.6 Å². The Morgan fingerprint density at radius 1 is 1.38 bits per heavy atom. The molecular weight excluding hydrogens is 182 g/mol. The van der Waals surface area contributed by atoms with E-state index < -0.39 is 0 Å². The number of hydrogen-bond donors (Lipinski definition) is 0. The number of nitrogens with zero attached hydrogens (tertiary/aromatic N) is 1. The molecule has 2 aliphatic rings. The van der Waals surface area contributed by atoms with Gasteiger partial charge in [-0.05, 0) is 37.2 Å². The van der Waals surface area contributed by atoms with E-state index in [2.05, 4.69) is 31.0 Å². The molecule has 2 rings (SSSR count). The third-order valence-electron chi connectivity index (χ3n) is 3.35. The zero-order valence-electron chi connectivity index (χ0n) is 8.31. The van der Waals surface area contributed by atoms with E-state index in [1.54, 1.807) is 0 Å². The van der Waals surface area contributed by atoms with E-state index in [0.717, 1.165) is 11.7 Å². The lowest BCUT2D eigenvalue weighted by Gasteiger charge is -2.25. The van der Waals surface area contributed by atoms with Crippen molar-refractivity contribution in [2.75, 3.05) is 13.6 Å². The molecule has 1 saturated carbocycles. The molecule has 1 aliphatic carbocycles. The van der Waals surface area contributed by atoms with Gasteiger partial charge in [0.15, 0.2) is 0 Å². The average Bonchev–Trinajstić information content (AvgIpc) is 2.89. The number of hydrogen-bond acceptors (Lipinski definition) is 1. The van der Waals surface area contributed by atoms with Crippen molar-refractivity contribution in [3.63, 3.8) is 0 Å². The van der Waals surface area contributed by atoms with Gasteiger partial charge in [-0.15, -0.1) is 0 Å². The Kier molecular flexibility index (Phi) is 2.15. The summed E-state index contributed by atoms with van der Waals surface area (Å²) in [5, 5.41) is 0.960. The maximum atomic E-state index is 6.29. The Morgan fingerprint density at radius 3 is 2.69 bits per heavy atom. The predicted molar refractivity (Wildman–Crippen MR) is 56.6 cm³/mol. The topological polar surface area (TPSA) is 3.24 Å². The molecule has 1 nitrogen and oxygen atoms in total. The van der Waals surface area contributed by atoms with Crippen molar-refractivity contribution >= 4 is 11.6 Å². The van der Waals surface area contributed by atoms with Crippen LogP contribution in [0.5, 0.6) is 0 Å². The Morgan fingerprint density at radius 2 is 2.08 bits per heavy atom. The van der Waals surface area contributed by atoms with Crippen molar-refractivity contribution < 1.29 is 0 Å². The lowest BCUT2D eigenvalue weighted by Crippen LogP contribution is -2.20. The second kappa shape index (κ2) is 3.06. The minimum absolute atomic E-state index is 0.433. The fourth-order valence-electron chi connectivity index (χ4n) is 2.01. The fourth-order valence-corrected chi connectivity index (χ4v) is 2.28. The molecule has 1 fully saturated rings. The molecule has 1 heterocycles. The molecule has 0 bridgehead atoms. The molecule has 13 heavy (non-hydrogen) atoms. The molecule has 2 heteroatoms. The summed E-state index contributed by atoms with van der Waals surface area (Å²) in [5.74, 6) is 0. The first-order valence-electron chi connectivity index (χ1n) is 4.89. The summed E-state index contributed by atoms with van der Waals surface area (Å²) in [4.78, 5) is 2.12. The summed E-state index contributed by atoms with van der Waals surface area (Å²) in [6.07, 6.45) is 8.33. The average molecular weight is 198 g/mol. The van der Waals surface area contributed by atoms with E-state index in [9.17, 15) is 0 Å². The van der Waals surface area contributed by atoms with Crippen molar-refractivity contribution in [2.24, 2.45) is 5.41 Å². The van der Waals surface area contributed by atoms with Crippen LogP contribution >= 0.6 is 11.6 Å². The first-order chi connectivity index (χ1) is 6.16. The van der Waals surface area contributed by atoms with Gasteiger partial charge in [-0.2, -0.15) is 0 Å². The highest BCUT2D eigenvalue weighted by Crippen LogP contribution is 2.56. The predicted octanol–water partition coefficient (Wildman–Crippen LogP) is 3.13. The van der Waals surface area contributed by atoms with Crippen LogP contribution in [0.15, 0.2) is 22.9 Å². The Bertz CT molecular complexity index is 274. The molecule has 0 aromatic carbocycles. The zero-order valence-corrected chi connectivity index (χ0v) is 9.06. The van der Waals surface area contributed by atoms with Crippen molar-refractivity contribution in [1.29, 1.82) is 0 Å². The van der Waals surface area contributed by atoms with Gasteiger partial charge in [-0.1, -0.05) is 23.8 Å². The highest BCUT2D eigenvalue weighted by Gasteiger charge is 2.44. The van der Waals surface area contributed by atoms with Crippen LogP contribution in [0, 0.1) is 5.41 Å². The van der Waals surface area contributed by atoms with Crippen LogP contribution in [0.2, 0.25) is 0 Å². The molecule has 72 valence electrons. The molecule has 0 saturated heterocycles. The van der Waals surface area contributed by atoms with Crippen LogP contribution in [0.25, 0.3) is 0 Å². The Hall–Kier alpha value is -0.430. The highest BCUT2D eigenvalue weighted by atomic mass is 35.5. The molecular formula is C11H16ClN. The van der Waals surface area contributed by atoms with Crippen LogP contribution in [-0.2, 0) is 0 Å². The monoisotopic (exact) mass is 197 g/mol. The lowest BCUT2D eigenvalue weighted by molar-refractivity contribution is 0.461. The van der Waals surface area contributed by atoms with Crippen LogP contribution in [0.4, 0.5) is 0 Å². The largest absolute Gasteiger partial charge is 0.362 e. The second-order valence-corrected chi connectivity index (χ2v) is 4.61. The second-order valence-electron chi connectivity index (χ2n) is 4.25. The summed E-state index contributed by atoms with van der Waals surface area (Å²) < 4.78 is 0. The minimum atomic E-state index is 0.433. The number of halogens is 1. The van der Waals surface area contributed by atoms with Crippen molar-refractivity contribution in [3.8, 4) is 0 Å². The molecule has 0 aromatic rings. The van der Waals surface area contributed by atoms with E-state index >= 15 is 0 Å². The van der Waals surface area contributed by atoms with E-state index in [0.29, 0.717) is 5.41 Å². The van der Waals surface area contributed by atoms with E-state index in [1.165, 1.54) is 24.8 Å². The number of allylic oxidation sites excluding steroid dienone is 2. The van der Waals surface area contributed by atoms with Gasteiger partial charge in [0, 0.05) is 13.6 Å². The van der Waals surface area contributed by atoms with Gasteiger partial charge in [0.2, 0.25) is 0 Å². The van der Waals surface area contributed by atoms with Crippen LogP contribution in [-0.4, -0.2) is 18.5 Å². The zero-order chi connectivity index (χ0) is 9.47. The van der Waals surface area contributed by atoms with Gasteiger partial charge in [-0.25, -0.2) is 0 Å². The normalized spacial score (nSPS) is 34.2. The molecule has 0 N–H and O–H groups in total. The van der Waals surface area contributed by atoms with E-state index in [1.807, 2.05) is 0 Å².